The molecule has 0 aromatic heterocycles. The quantitative estimate of drug-likeness (QED) is 0.927. The van der Waals surface area contributed by atoms with Gasteiger partial charge in [0.15, 0.2) is 6.61 Å². The molecule has 0 spiro atoms. The maximum Gasteiger partial charge on any atom is 0.260 e. The molecule has 4 nitrogen and oxygen atoms in total. The molecule has 4 heteroatoms. The van der Waals surface area contributed by atoms with E-state index in [1.165, 1.54) is 12.8 Å². The molecule has 0 atom stereocenters. The highest BCUT2D eigenvalue weighted by Crippen LogP contribution is 2.24. The minimum absolute atomic E-state index is 0.0959. The lowest BCUT2D eigenvalue weighted by molar-refractivity contribution is -0.133. The number of hydrogen-bond donors (Lipinski definition) is 1. The molecule has 0 bridgehead atoms. The van der Waals surface area contributed by atoms with Gasteiger partial charge in [-0.3, -0.25) is 4.79 Å². The Morgan fingerprint density at radius 2 is 1.71 bits per heavy atom. The van der Waals surface area contributed by atoms with Crippen molar-refractivity contribution < 1.29 is 9.53 Å². The molecule has 1 saturated heterocycles. The third-order valence-corrected chi connectivity index (χ3v) is 4.05. The molecule has 21 heavy (non-hydrogen) atoms. The van der Waals surface area contributed by atoms with Gasteiger partial charge in [0, 0.05) is 19.6 Å². The molecule has 1 aliphatic rings. The number of nitrogens with zero attached hydrogens (tertiary/aromatic N) is 1. The number of nitrogens with two attached hydrogens (primary N) is 1. The first-order valence-corrected chi connectivity index (χ1v) is 7.82. The van der Waals surface area contributed by atoms with Crippen molar-refractivity contribution in [2.24, 2.45) is 5.73 Å². The predicted octanol–water partition coefficient (Wildman–Crippen LogP) is 2.54. The molecule has 0 saturated carbocycles. The number of likely N-dealkylation sites (tertiary alicyclic amines) is 1. The van der Waals surface area contributed by atoms with Crippen molar-refractivity contribution >= 4 is 5.91 Å². The molecule has 1 aromatic rings. The van der Waals surface area contributed by atoms with E-state index in [0.717, 1.165) is 48.4 Å². The Morgan fingerprint density at radius 3 is 2.24 bits per heavy atom. The Hall–Kier alpha value is -1.55. The first-order chi connectivity index (χ1) is 10.1. The molecular weight excluding hydrogens is 264 g/mol. The van der Waals surface area contributed by atoms with Gasteiger partial charge in [0.2, 0.25) is 0 Å². The molecule has 1 aliphatic heterocycles. The summed E-state index contributed by atoms with van der Waals surface area (Å²) in [4.78, 5) is 14.2. The number of aryl methyl sites for hydroxylation is 2. The zero-order valence-electron chi connectivity index (χ0n) is 13.2. The summed E-state index contributed by atoms with van der Waals surface area (Å²) in [5.74, 6) is 0.911. The summed E-state index contributed by atoms with van der Waals surface area (Å²) in [6.45, 7) is 6.38. The largest absolute Gasteiger partial charge is 0.483 e. The Bertz CT molecular complexity index is 469. The average molecular weight is 290 g/mol. The van der Waals surface area contributed by atoms with Crippen LogP contribution in [0.4, 0.5) is 0 Å². The van der Waals surface area contributed by atoms with E-state index in [9.17, 15) is 4.79 Å². The third-order valence-electron chi connectivity index (χ3n) is 4.05. The molecule has 116 valence electrons. The van der Waals surface area contributed by atoms with E-state index in [1.807, 2.05) is 30.9 Å². The summed E-state index contributed by atoms with van der Waals surface area (Å²) in [7, 11) is 0. The molecule has 1 fully saturated rings. The Labute approximate surface area is 127 Å². The fourth-order valence-electron chi connectivity index (χ4n) is 2.93. The fourth-order valence-corrected chi connectivity index (χ4v) is 2.93. The Kier molecular flexibility index (Phi) is 5.62. The van der Waals surface area contributed by atoms with Gasteiger partial charge in [-0.25, -0.2) is 0 Å². The molecule has 2 rings (SSSR count). The van der Waals surface area contributed by atoms with E-state index in [2.05, 4.69) is 0 Å². The summed E-state index contributed by atoms with van der Waals surface area (Å²) in [6.07, 6.45) is 4.66. The summed E-state index contributed by atoms with van der Waals surface area (Å²) >= 11 is 0. The van der Waals surface area contributed by atoms with Crippen molar-refractivity contribution in [3.05, 3.63) is 28.8 Å². The third kappa shape index (κ3) is 4.21. The van der Waals surface area contributed by atoms with Crippen molar-refractivity contribution in [3.63, 3.8) is 0 Å². The van der Waals surface area contributed by atoms with Gasteiger partial charge in [-0.2, -0.15) is 0 Å². The topological polar surface area (TPSA) is 55.6 Å². The van der Waals surface area contributed by atoms with Crippen molar-refractivity contribution in [2.75, 3.05) is 19.7 Å². The molecule has 0 radical (unpaired) electrons. The number of hydrogen-bond acceptors (Lipinski definition) is 3. The van der Waals surface area contributed by atoms with E-state index in [1.54, 1.807) is 0 Å². The van der Waals surface area contributed by atoms with E-state index >= 15 is 0 Å². The van der Waals surface area contributed by atoms with E-state index in [-0.39, 0.29) is 12.5 Å². The molecule has 1 heterocycles. The van der Waals surface area contributed by atoms with E-state index in [0.29, 0.717) is 6.54 Å². The predicted molar refractivity (Wildman–Crippen MR) is 84.4 cm³/mol. The number of amides is 1. The average Bonchev–Trinajstić information content (AvgIpc) is 2.75. The second-order valence-corrected chi connectivity index (χ2v) is 5.85. The first-order valence-electron chi connectivity index (χ1n) is 7.82. The van der Waals surface area contributed by atoms with Crippen LogP contribution in [0.15, 0.2) is 12.1 Å². The number of benzene rings is 1. The van der Waals surface area contributed by atoms with Crippen LogP contribution in [0.2, 0.25) is 0 Å². The number of carbonyl (C=O) groups excluding carboxylic acids is 1. The van der Waals surface area contributed by atoms with Crippen LogP contribution in [-0.4, -0.2) is 30.5 Å². The summed E-state index contributed by atoms with van der Waals surface area (Å²) < 4.78 is 5.79. The van der Waals surface area contributed by atoms with Gasteiger partial charge >= 0.3 is 0 Å². The lowest BCUT2D eigenvalue weighted by atomic mass is 10.1. The van der Waals surface area contributed by atoms with Gasteiger partial charge in [-0.05, 0) is 43.4 Å². The van der Waals surface area contributed by atoms with Crippen LogP contribution in [0, 0.1) is 13.8 Å². The van der Waals surface area contributed by atoms with Crippen LogP contribution in [0.1, 0.15) is 42.4 Å². The van der Waals surface area contributed by atoms with Crippen LogP contribution in [0.25, 0.3) is 0 Å². The minimum atomic E-state index is 0.0959. The van der Waals surface area contributed by atoms with Crippen molar-refractivity contribution in [3.8, 4) is 5.75 Å². The molecule has 0 unspecified atom stereocenters. The monoisotopic (exact) mass is 290 g/mol. The maximum absolute atomic E-state index is 12.3. The number of ether oxygens (including phenoxy) is 1. The summed E-state index contributed by atoms with van der Waals surface area (Å²) in [5.41, 5.74) is 8.85. The molecule has 1 amide bonds. The lowest BCUT2D eigenvalue weighted by Crippen LogP contribution is -2.35. The van der Waals surface area contributed by atoms with Gasteiger partial charge in [-0.15, -0.1) is 0 Å². The molecule has 0 aliphatic carbocycles. The number of carbonyl (C=O) groups is 1. The minimum Gasteiger partial charge on any atom is -0.483 e. The van der Waals surface area contributed by atoms with Gasteiger partial charge in [0.25, 0.3) is 5.91 Å². The van der Waals surface area contributed by atoms with Crippen LogP contribution in [0.5, 0.6) is 5.75 Å². The normalized spacial score (nSPS) is 15.7. The molecule has 1 aromatic carbocycles. The molecule has 2 N–H and O–H groups in total. The fraction of sp³-hybridized carbons (Fsp3) is 0.588. The summed E-state index contributed by atoms with van der Waals surface area (Å²) in [5, 5.41) is 0. The number of rotatable bonds is 4. The van der Waals surface area contributed by atoms with Gasteiger partial charge in [0.1, 0.15) is 5.75 Å². The highest BCUT2D eigenvalue weighted by molar-refractivity contribution is 5.77. The van der Waals surface area contributed by atoms with E-state index < -0.39 is 0 Å². The van der Waals surface area contributed by atoms with Crippen molar-refractivity contribution in [1.29, 1.82) is 0 Å². The highest BCUT2D eigenvalue weighted by atomic mass is 16.5. The van der Waals surface area contributed by atoms with Crippen LogP contribution >= 0.6 is 0 Å². The standard InChI is InChI=1S/C17H26N2O2/c1-13-9-15(11-18)10-14(2)17(13)21-12-16(20)19-7-5-3-4-6-8-19/h9-10H,3-8,11-12,18H2,1-2H3. The lowest BCUT2D eigenvalue weighted by Gasteiger charge is -2.21. The van der Waals surface area contributed by atoms with E-state index in [4.69, 9.17) is 10.5 Å². The Balaban J connectivity index is 1.97. The zero-order chi connectivity index (χ0) is 15.2. The van der Waals surface area contributed by atoms with Crippen LogP contribution in [-0.2, 0) is 11.3 Å². The molecular formula is C17H26N2O2. The highest BCUT2D eigenvalue weighted by Gasteiger charge is 2.17. The second-order valence-electron chi connectivity index (χ2n) is 5.85. The van der Waals surface area contributed by atoms with Gasteiger partial charge in [-0.1, -0.05) is 25.0 Å². The van der Waals surface area contributed by atoms with Crippen LogP contribution < -0.4 is 10.5 Å². The smallest absolute Gasteiger partial charge is 0.260 e. The summed E-state index contributed by atoms with van der Waals surface area (Å²) in [6, 6.07) is 4.05. The van der Waals surface area contributed by atoms with Crippen molar-refractivity contribution in [1.82, 2.24) is 4.90 Å². The van der Waals surface area contributed by atoms with Gasteiger partial charge in [0.05, 0.1) is 0 Å². The van der Waals surface area contributed by atoms with Gasteiger partial charge < -0.3 is 15.4 Å². The van der Waals surface area contributed by atoms with Crippen molar-refractivity contribution in [2.45, 2.75) is 46.1 Å². The zero-order valence-corrected chi connectivity index (χ0v) is 13.2. The Morgan fingerprint density at radius 1 is 1.14 bits per heavy atom. The van der Waals surface area contributed by atoms with Crippen LogP contribution in [0.3, 0.4) is 0 Å². The maximum atomic E-state index is 12.3. The first kappa shape index (κ1) is 15.8. The SMILES string of the molecule is Cc1cc(CN)cc(C)c1OCC(=O)N1CCCCCC1. The second kappa shape index (κ2) is 7.46.